The van der Waals surface area contributed by atoms with Gasteiger partial charge in [-0.2, -0.15) is 0 Å². The standard InChI is InChI=1S/C16H29NO/c1-16(17-13-9-15(18)10-14-17)11-7-5-3-2-4-6-8-12-16/h2-14H2,1H3. The first kappa shape index (κ1) is 14.0. The van der Waals surface area contributed by atoms with E-state index in [0.717, 1.165) is 25.9 Å². The summed E-state index contributed by atoms with van der Waals surface area (Å²) in [6, 6.07) is 0. The quantitative estimate of drug-likeness (QED) is 0.703. The maximum Gasteiger partial charge on any atom is 0.135 e. The van der Waals surface area contributed by atoms with Gasteiger partial charge in [-0.3, -0.25) is 9.69 Å². The van der Waals surface area contributed by atoms with Crippen LogP contribution in [0, 0.1) is 0 Å². The van der Waals surface area contributed by atoms with E-state index in [4.69, 9.17) is 0 Å². The normalized spacial score (nSPS) is 27.9. The Bertz CT molecular complexity index is 254. The molecule has 1 saturated heterocycles. The summed E-state index contributed by atoms with van der Waals surface area (Å²) in [7, 11) is 0. The van der Waals surface area contributed by atoms with Crippen LogP contribution in [-0.2, 0) is 4.79 Å². The minimum absolute atomic E-state index is 0.373. The van der Waals surface area contributed by atoms with E-state index < -0.39 is 0 Å². The number of ketones is 1. The largest absolute Gasteiger partial charge is 0.300 e. The molecule has 0 bridgehead atoms. The van der Waals surface area contributed by atoms with Crippen LogP contribution in [0.15, 0.2) is 0 Å². The Kier molecular flexibility index (Phi) is 5.23. The molecule has 1 aliphatic carbocycles. The summed E-state index contributed by atoms with van der Waals surface area (Å²) in [5.74, 6) is 0.467. The first-order valence-electron chi connectivity index (χ1n) is 7.97. The highest BCUT2D eigenvalue weighted by atomic mass is 16.1. The number of rotatable bonds is 1. The minimum Gasteiger partial charge on any atom is -0.300 e. The Hall–Kier alpha value is -0.370. The van der Waals surface area contributed by atoms with Crippen molar-refractivity contribution in [3.05, 3.63) is 0 Å². The average Bonchev–Trinajstić information content (AvgIpc) is 2.38. The highest BCUT2D eigenvalue weighted by molar-refractivity contribution is 5.79. The van der Waals surface area contributed by atoms with Crippen LogP contribution >= 0.6 is 0 Å². The highest BCUT2D eigenvalue weighted by Gasteiger charge is 2.33. The van der Waals surface area contributed by atoms with E-state index >= 15 is 0 Å². The van der Waals surface area contributed by atoms with Gasteiger partial charge in [0.05, 0.1) is 0 Å². The van der Waals surface area contributed by atoms with E-state index in [9.17, 15) is 4.79 Å². The highest BCUT2D eigenvalue weighted by Crippen LogP contribution is 2.32. The Morgan fingerprint density at radius 3 is 1.78 bits per heavy atom. The molecule has 0 radical (unpaired) electrons. The molecule has 0 amide bonds. The van der Waals surface area contributed by atoms with Crippen molar-refractivity contribution in [3.63, 3.8) is 0 Å². The van der Waals surface area contributed by atoms with Gasteiger partial charge in [-0.05, 0) is 19.8 Å². The summed E-state index contributed by atoms with van der Waals surface area (Å²) < 4.78 is 0. The fourth-order valence-corrected chi connectivity index (χ4v) is 3.63. The maximum atomic E-state index is 11.4. The van der Waals surface area contributed by atoms with Gasteiger partial charge in [-0.15, -0.1) is 0 Å². The Morgan fingerprint density at radius 2 is 1.28 bits per heavy atom. The van der Waals surface area contributed by atoms with Crippen molar-refractivity contribution in [2.75, 3.05) is 13.1 Å². The van der Waals surface area contributed by atoms with Crippen molar-refractivity contribution in [2.24, 2.45) is 0 Å². The van der Waals surface area contributed by atoms with Crippen molar-refractivity contribution in [1.29, 1.82) is 0 Å². The maximum absolute atomic E-state index is 11.4. The molecule has 1 aliphatic heterocycles. The van der Waals surface area contributed by atoms with E-state index in [0.29, 0.717) is 11.3 Å². The Balaban J connectivity index is 1.93. The fraction of sp³-hybridized carbons (Fsp3) is 0.938. The molecule has 18 heavy (non-hydrogen) atoms. The number of Topliss-reactive ketones (excluding diaryl/α,β-unsaturated/α-hetero) is 1. The minimum atomic E-state index is 0.373. The van der Waals surface area contributed by atoms with Gasteiger partial charge in [0.25, 0.3) is 0 Å². The molecule has 104 valence electrons. The molecule has 2 heteroatoms. The number of piperidine rings is 1. The molecule has 2 aliphatic rings. The van der Waals surface area contributed by atoms with Crippen LogP contribution in [0.1, 0.15) is 77.6 Å². The van der Waals surface area contributed by atoms with Crippen LogP contribution in [0.5, 0.6) is 0 Å². The zero-order valence-electron chi connectivity index (χ0n) is 12.0. The summed E-state index contributed by atoms with van der Waals surface area (Å²) in [5.41, 5.74) is 0.373. The topological polar surface area (TPSA) is 20.3 Å². The number of carbonyl (C=O) groups excluding carboxylic acids is 1. The molecule has 2 rings (SSSR count). The van der Waals surface area contributed by atoms with Gasteiger partial charge in [0.2, 0.25) is 0 Å². The second-order valence-corrected chi connectivity index (χ2v) is 6.50. The van der Waals surface area contributed by atoms with Gasteiger partial charge in [-0.25, -0.2) is 0 Å². The molecule has 1 heterocycles. The van der Waals surface area contributed by atoms with Crippen LogP contribution < -0.4 is 0 Å². The number of nitrogens with zero attached hydrogens (tertiary/aromatic N) is 1. The molecular weight excluding hydrogens is 222 g/mol. The van der Waals surface area contributed by atoms with Crippen LogP contribution in [0.2, 0.25) is 0 Å². The van der Waals surface area contributed by atoms with Crippen LogP contribution in [-0.4, -0.2) is 29.3 Å². The number of carbonyl (C=O) groups is 1. The van der Waals surface area contributed by atoms with E-state index in [2.05, 4.69) is 11.8 Å². The molecule has 0 aromatic rings. The molecule has 0 unspecified atom stereocenters. The molecule has 1 saturated carbocycles. The van der Waals surface area contributed by atoms with Crippen LogP contribution in [0.4, 0.5) is 0 Å². The third-order valence-electron chi connectivity index (χ3n) is 5.02. The summed E-state index contributed by atoms with van der Waals surface area (Å²) in [5, 5.41) is 0. The lowest BCUT2D eigenvalue weighted by atomic mass is 9.84. The lowest BCUT2D eigenvalue weighted by Crippen LogP contribution is -2.50. The first-order valence-corrected chi connectivity index (χ1v) is 7.97. The summed E-state index contributed by atoms with van der Waals surface area (Å²) in [6.45, 7) is 4.47. The summed E-state index contributed by atoms with van der Waals surface area (Å²) in [6.07, 6.45) is 14.1. The average molecular weight is 251 g/mol. The van der Waals surface area contributed by atoms with Gasteiger partial charge < -0.3 is 0 Å². The van der Waals surface area contributed by atoms with Crippen molar-refractivity contribution < 1.29 is 4.79 Å². The van der Waals surface area contributed by atoms with Crippen molar-refractivity contribution >= 4 is 5.78 Å². The van der Waals surface area contributed by atoms with Gasteiger partial charge >= 0.3 is 0 Å². The van der Waals surface area contributed by atoms with Crippen molar-refractivity contribution in [3.8, 4) is 0 Å². The molecule has 2 nitrogen and oxygen atoms in total. The lowest BCUT2D eigenvalue weighted by Gasteiger charge is -2.44. The van der Waals surface area contributed by atoms with Gasteiger partial charge in [0.15, 0.2) is 0 Å². The molecule has 2 fully saturated rings. The SMILES string of the molecule is CC1(N2CCC(=O)CC2)CCCCCCCCC1. The third-order valence-corrected chi connectivity index (χ3v) is 5.02. The lowest BCUT2D eigenvalue weighted by molar-refractivity contribution is -0.122. The fourth-order valence-electron chi connectivity index (χ4n) is 3.63. The number of hydrogen-bond donors (Lipinski definition) is 0. The molecule has 0 aromatic heterocycles. The Labute approximate surface area is 112 Å². The summed E-state index contributed by atoms with van der Waals surface area (Å²) >= 11 is 0. The Morgan fingerprint density at radius 1 is 0.833 bits per heavy atom. The molecule has 0 spiro atoms. The number of hydrogen-bond acceptors (Lipinski definition) is 2. The van der Waals surface area contributed by atoms with Gasteiger partial charge in [0, 0.05) is 31.5 Å². The smallest absolute Gasteiger partial charge is 0.135 e. The van der Waals surface area contributed by atoms with Crippen molar-refractivity contribution in [1.82, 2.24) is 4.90 Å². The molecule has 0 atom stereocenters. The monoisotopic (exact) mass is 251 g/mol. The van der Waals surface area contributed by atoms with E-state index in [1.165, 1.54) is 57.8 Å². The second-order valence-electron chi connectivity index (χ2n) is 6.50. The first-order chi connectivity index (χ1) is 8.71. The molecular formula is C16H29NO. The zero-order valence-corrected chi connectivity index (χ0v) is 12.0. The number of likely N-dealkylation sites (tertiary alicyclic amines) is 1. The third kappa shape index (κ3) is 3.81. The zero-order chi connectivity index (χ0) is 12.8. The van der Waals surface area contributed by atoms with Crippen LogP contribution in [0.3, 0.4) is 0 Å². The van der Waals surface area contributed by atoms with Gasteiger partial charge in [0.1, 0.15) is 5.78 Å². The predicted octanol–water partition coefficient (Wildman–Crippen LogP) is 3.93. The van der Waals surface area contributed by atoms with E-state index in [-0.39, 0.29) is 0 Å². The predicted molar refractivity (Wildman–Crippen MR) is 75.8 cm³/mol. The van der Waals surface area contributed by atoms with E-state index in [1.54, 1.807) is 0 Å². The van der Waals surface area contributed by atoms with Crippen molar-refractivity contribution in [2.45, 2.75) is 83.1 Å². The summed E-state index contributed by atoms with van der Waals surface area (Å²) in [4.78, 5) is 14.0. The molecule has 0 N–H and O–H groups in total. The molecule has 0 aromatic carbocycles. The second kappa shape index (κ2) is 6.70. The van der Waals surface area contributed by atoms with Gasteiger partial charge in [-0.1, -0.05) is 44.9 Å². The van der Waals surface area contributed by atoms with Crippen LogP contribution in [0.25, 0.3) is 0 Å². The van der Waals surface area contributed by atoms with E-state index in [1.807, 2.05) is 0 Å².